The van der Waals surface area contributed by atoms with Crippen molar-refractivity contribution in [3.63, 3.8) is 0 Å². The summed E-state index contributed by atoms with van der Waals surface area (Å²) in [4.78, 5) is 12.3. The van der Waals surface area contributed by atoms with Crippen molar-refractivity contribution >= 4 is 33.4 Å². The number of amides is 1. The van der Waals surface area contributed by atoms with Crippen LogP contribution in [0.5, 0.6) is 0 Å². The van der Waals surface area contributed by atoms with Gasteiger partial charge in [0.05, 0.1) is 17.0 Å². The molecule has 29 heavy (non-hydrogen) atoms. The third-order valence-corrected chi connectivity index (χ3v) is 4.91. The maximum Gasteiger partial charge on any atom is 0.255 e. The topological polar surface area (TPSA) is 99.1 Å². The van der Waals surface area contributed by atoms with Crippen LogP contribution in [-0.2, 0) is 10.0 Å². The highest BCUT2D eigenvalue weighted by atomic mass is 32.2. The molecule has 0 atom stereocenters. The highest BCUT2D eigenvalue weighted by Crippen LogP contribution is 2.15. The van der Waals surface area contributed by atoms with E-state index in [0.29, 0.717) is 22.5 Å². The first-order valence-corrected chi connectivity index (χ1v) is 10.2. The van der Waals surface area contributed by atoms with Crippen LogP contribution in [0.3, 0.4) is 0 Å². The fourth-order valence-electron chi connectivity index (χ4n) is 2.49. The Labute approximate surface area is 169 Å². The van der Waals surface area contributed by atoms with Gasteiger partial charge in [0, 0.05) is 16.9 Å². The molecule has 7 heteroatoms. The quantitative estimate of drug-likeness (QED) is 0.643. The summed E-state index contributed by atoms with van der Waals surface area (Å²) in [6, 6.07) is 23.7. The van der Waals surface area contributed by atoms with Crippen LogP contribution in [0, 0.1) is 11.3 Å². The lowest BCUT2D eigenvalue weighted by Gasteiger charge is -2.08. The zero-order valence-corrected chi connectivity index (χ0v) is 16.1. The third kappa shape index (κ3) is 5.79. The van der Waals surface area contributed by atoms with E-state index in [-0.39, 0.29) is 5.91 Å². The second-order valence-electron chi connectivity index (χ2n) is 6.08. The lowest BCUT2D eigenvalue weighted by Crippen LogP contribution is -2.12. The Morgan fingerprint density at radius 2 is 1.62 bits per heavy atom. The van der Waals surface area contributed by atoms with Gasteiger partial charge in [-0.25, -0.2) is 8.42 Å². The number of nitrogens with one attached hydrogen (secondary N) is 2. The van der Waals surface area contributed by atoms with Gasteiger partial charge in [-0.2, -0.15) is 5.26 Å². The van der Waals surface area contributed by atoms with Crippen LogP contribution in [0.25, 0.3) is 6.08 Å². The molecule has 144 valence electrons. The number of hydrogen-bond donors (Lipinski definition) is 2. The van der Waals surface area contributed by atoms with Crippen LogP contribution < -0.4 is 10.0 Å². The number of rotatable bonds is 6. The van der Waals surface area contributed by atoms with E-state index in [1.54, 1.807) is 36.4 Å². The summed E-state index contributed by atoms with van der Waals surface area (Å²) in [5.41, 5.74) is 2.41. The van der Waals surface area contributed by atoms with E-state index in [1.165, 1.54) is 30.3 Å². The van der Waals surface area contributed by atoms with Crippen molar-refractivity contribution in [3.05, 3.63) is 101 Å². The number of nitriles is 1. The Kier molecular flexibility index (Phi) is 6.07. The number of carbonyl (C=O) groups is 1. The maximum absolute atomic E-state index is 12.3. The van der Waals surface area contributed by atoms with Crippen molar-refractivity contribution in [2.75, 3.05) is 10.0 Å². The lowest BCUT2D eigenvalue weighted by molar-refractivity contribution is 0.102. The van der Waals surface area contributed by atoms with Crippen LogP contribution in [0.4, 0.5) is 11.4 Å². The number of benzene rings is 3. The Hall–Kier alpha value is -3.89. The molecule has 0 aliphatic heterocycles. The van der Waals surface area contributed by atoms with Gasteiger partial charge in [0.2, 0.25) is 0 Å². The number of carbonyl (C=O) groups excluding carboxylic acids is 1. The van der Waals surface area contributed by atoms with E-state index >= 15 is 0 Å². The summed E-state index contributed by atoms with van der Waals surface area (Å²) >= 11 is 0. The summed E-state index contributed by atoms with van der Waals surface area (Å²) in [6.45, 7) is 0. The number of hydrogen-bond acceptors (Lipinski definition) is 4. The minimum atomic E-state index is -3.68. The molecule has 1 amide bonds. The normalized spacial score (nSPS) is 11.0. The van der Waals surface area contributed by atoms with E-state index in [1.807, 2.05) is 24.3 Å². The van der Waals surface area contributed by atoms with Gasteiger partial charge >= 0.3 is 0 Å². The molecule has 0 aliphatic rings. The van der Waals surface area contributed by atoms with E-state index in [4.69, 9.17) is 5.26 Å². The van der Waals surface area contributed by atoms with Crippen LogP contribution >= 0.6 is 0 Å². The van der Waals surface area contributed by atoms with Crippen molar-refractivity contribution < 1.29 is 13.2 Å². The summed E-state index contributed by atoms with van der Waals surface area (Å²) in [5, 5.41) is 12.7. The predicted octanol–water partition coefficient (Wildman–Crippen LogP) is 4.22. The van der Waals surface area contributed by atoms with Crippen LogP contribution in [0.2, 0.25) is 0 Å². The maximum atomic E-state index is 12.3. The molecule has 3 rings (SSSR count). The number of sulfonamides is 1. The molecule has 0 saturated heterocycles. The fourth-order valence-corrected chi connectivity index (χ4v) is 3.36. The molecule has 0 heterocycles. The van der Waals surface area contributed by atoms with Crippen LogP contribution in [0.15, 0.2) is 84.3 Å². The Morgan fingerprint density at radius 1 is 0.897 bits per heavy atom. The van der Waals surface area contributed by atoms with Gasteiger partial charge in [-0.3, -0.25) is 9.52 Å². The van der Waals surface area contributed by atoms with E-state index in [2.05, 4.69) is 10.0 Å². The smallest absolute Gasteiger partial charge is 0.255 e. The van der Waals surface area contributed by atoms with Crippen LogP contribution in [-0.4, -0.2) is 14.3 Å². The number of anilines is 2. The van der Waals surface area contributed by atoms with Gasteiger partial charge in [0.25, 0.3) is 15.9 Å². The van der Waals surface area contributed by atoms with Crippen molar-refractivity contribution in [1.82, 2.24) is 0 Å². The summed E-state index contributed by atoms with van der Waals surface area (Å²) in [7, 11) is -3.68. The van der Waals surface area contributed by atoms with Gasteiger partial charge < -0.3 is 5.32 Å². The molecular weight excluding hydrogens is 386 g/mol. The molecule has 0 unspecified atom stereocenters. The van der Waals surface area contributed by atoms with Crippen molar-refractivity contribution in [3.8, 4) is 6.07 Å². The Bertz CT molecular complexity index is 1180. The summed E-state index contributed by atoms with van der Waals surface area (Å²) in [5.74, 6) is -0.363. The molecule has 0 saturated carbocycles. The predicted molar refractivity (Wildman–Crippen MR) is 114 cm³/mol. The fraction of sp³-hybridized carbons (Fsp3) is 0. The molecule has 0 bridgehead atoms. The van der Waals surface area contributed by atoms with Gasteiger partial charge in [-0.15, -0.1) is 0 Å². The lowest BCUT2D eigenvalue weighted by atomic mass is 10.1. The molecule has 6 nitrogen and oxygen atoms in total. The van der Waals surface area contributed by atoms with Gasteiger partial charge in [0.1, 0.15) is 0 Å². The highest BCUT2D eigenvalue weighted by Gasteiger charge is 2.09. The van der Waals surface area contributed by atoms with Crippen molar-refractivity contribution in [2.24, 2.45) is 0 Å². The Morgan fingerprint density at radius 3 is 2.31 bits per heavy atom. The average molecular weight is 403 g/mol. The molecule has 0 spiro atoms. The molecule has 3 aromatic carbocycles. The minimum Gasteiger partial charge on any atom is -0.322 e. The molecule has 0 radical (unpaired) electrons. The standard InChI is InChI=1S/C22H17N3O3S/c23-16-18-7-4-8-21(15-18)24-22(26)19-9-11-20(12-10-19)25-29(27,28)14-13-17-5-2-1-3-6-17/h1-15,25H,(H,24,26)/b14-13+. The molecule has 0 aromatic heterocycles. The second-order valence-corrected chi connectivity index (χ2v) is 7.65. The first-order valence-electron chi connectivity index (χ1n) is 8.63. The zero-order valence-electron chi connectivity index (χ0n) is 15.2. The average Bonchev–Trinajstić information content (AvgIpc) is 2.73. The minimum absolute atomic E-state index is 0.339. The van der Waals surface area contributed by atoms with Gasteiger partial charge in [-0.1, -0.05) is 36.4 Å². The Balaban J connectivity index is 1.65. The van der Waals surface area contributed by atoms with Crippen LogP contribution in [0.1, 0.15) is 21.5 Å². The molecule has 0 fully saturated rings. The molecule has 2 N–H and O–H groups in total. The summed E-state index contributed by atoms with van der Waals surface area (Å²) in [6.07, 6.45) is 1.50. The summed E-state index contributed by atoms with van der Waals surface area (Å²) < 4.78 is 26.8. The highest BCUT2D eigenvalue weighted by molar-refractivity contribution is 7.95. The molecule has 3 aromatic rings. The SMILES string of the molecule is N#Cc1cccc(NC(=O)c2ccc(NS(=O)(=O)/C=C/c3ccccc3)cc2)c1. The van der Waals surface area contributed by atoms with Gasteiger partial charge in [0.15, 0.2) is 0 Å². The first-order chi connectivity index (χ1) is 13.9. The largest absolute Gasteiger partial charge is 0.322 e. The van der Waals surface area contributed by atoms with E-state index < -0.39 is 10.0 Å². The monoisotopic (exact) mass is 403 g/mol. The number of nitrogens with zero attached hydrogens (tertiary/aromatic N) is 1. The van der Waals surface area contributed by atoms with Crippen molar-refractivity contribution in [1.29, 1.82) is 5.26 Å². The molecule has 0 aliphatic carbocycles. The first kappa shape index (κ1) is 19.9. The van der Waals surface area contributed by atoms with Crippen molar-refractivity contribution in [2.45, 2.75) is 0 Å². The van der Waals surface area contributed by atoms with Gasteiger partial charge in [-0.05, 0) is 54.1 Å². The van der Waals surface area contributed by atoms with E-state index in [0.717, 1.165) is 11.0 Å². The molecular formula is C22H17N3O3S. The van der Waals surface area contributed by atoms with E-state index in [9.17, 15) is 13.2 Å². The zero-order chi connectivity index (χ0) is 20.7. The third-order valence-electron chi connectivity index (χ3n) is 3.90. The second kappa shape index (κ2) is 8.87.